The lowest BCUT2D eigenvalue weighted by molar-refractivity contribution is 0.0690. The number of likely N-dealkylation sites (tertiary alicyclic amines) is 1. The second-order valence-electron chi connectivity index (χ2n) is 6.77. The molecule has 7 nitrogen and oxygen atoms in total. The van der Waals surface area contributed by atoms with Crippen LogP contribution in [0.3, 0.4) is 0 Å². The van der Waals surface area contributed by atoms with Gasteiger partial charge in [-0.1, -0.05) is 30.3 Å². The number of nitrogens with one attached hydrogen (secondary N) is 1. The van der Waals surface area contributed by atoms with E-state index in [0.717, 1.165) is 32.5 Å². The number of aromatic carboxylic acids is 1. The molecule has 1 amide bonds. The Morgan fingerprint density at radius 1 is 1.31 bits per heavy atom. The number of nitrogens with zero attached hydrogens (tertiary/aromatic N) is 3. The largest absolute Gasteiger partial charge is 0.478 e. The fourth-order valence-corrected chi connectivity index (χ4v) is 3.49. The number of rotatable bonds is 6. The van der Waals surface area contributed by atoms with Gasteiger partial charge in [0.15, 0.2) is 0 Å². The summed E-state index contributed by atoms with van der Waals surface area (Å²) in [5.41, 5.74) is 1.31. The van der Waals surface area contributed by atoms with Crippen molar-refractivity contribution < 1.29 is 14.7 Å². The third-order valence-electron chi connectivity index (χ3n) is 4.79. The van der Waals surface area contributed by atoms with Gasteiger partial charge in [-0.05, 0) is 30.9 Å². The van der Waals surface area contributed by atoms with E-state index in [9.17, 15) is 14.7 Å². The lowest BCUT2D eigenvalue weighted by Crippen LogP contribution is -2.41. The molecule has 2 heterocycles. The van der Waals surface area contributed by atoms with E-state index in [1.807, 2.05) is 18.2 Å². The Morgan fingerprint density at radius 2 is 2.08 bits per heavy atom. The summed E-state index contributed by atoms with van der Waals surface area (Å²) in [4.78, 5) is 26.0. The predicted octanol–water partition coefficient (Wildman–Crippen LogP) is 1.76. The van der Waals surface area contributed by atoms with E-state index in [1.54, 1.807) is 7.05 Å². The molecule has 0 radical (unpaired) electrons. The molecule has 0 spiro atoms. The summed E-state index contributed by atoms with van der Waals surface area (Å²) in [5.74, 6) is -1.17. The Balaban J connectivity index is 1.55. The summed E-state index contributed by atoms with van der Waals surface area (Å²) in [6.45, 7) is 3.43. The van der Waals surface area contributed by atoms with E-state index in [0.29, 0.717) is 12.5 Å². The molecule has 7 heteroatoms. The van der Waals surface area contributed by atoms with E-state index in [-0.39, 0.29) is 17.2 Å². The van der Waals surface area contributed by atoms with Crippen LogP contribution >= 0.6 is 0 Å². The Morgan fingerprint density at radius 3 is 2.81 bits per heavy atom. The third kappa shape index (κ3) is 4.29. The number of carboxylic acid groups (broad SMARTS) is 1. The number of benzene rings is 1. The minimum atomic E-state index is -1.14. The summed E-state index contributed by atoms with van der Waals surface area (Å²) >= 11 is 0. The highest BCUT2D eigenvalue weighted by atomic mass is 16.4. The molecule has 0 saturated carbocycles. The SMILES string of the molecule is Cn1ncc(C(=O)O)c1C(=O)NC[C@H]1CCCN(Cc2ccccc2)C1. The fraction of sp³-hybridized carbons (Fsp3) is 0.421. The molecule has 2 N–H and O–H groups in total. The van der Waals surface area contributed by atoms with Gasteiger partial charge in [0, 0.05) is 26.7 Å². The van der Waals surface area contributed by atoms with Gasteiger partial charge in [-0.2, -0.15) is 5.10 Å². The van der Waals surface area contributed by atoms with Crippen LogP contribution in [0.5, 0.6) is 0 Å². The third-order valence-corrected chi connectivity index (χ3v) is 4.79. The molecule has 1 aliphatic heterocycles. The minimum Gasteiger partial charge on any atom is -0.478 e. The molecule has 0 unspecified atom stereocenters. The monoisotopic (exact) mass is 356 g/mol. The van der Waals surface area contributed by atoms with E-state index < -0.39 is 5.97 Å². The number of hydrogen-bond donors (Lipinski definition) is 2. The van der Waals surface area contributed by atoms with Crippen molar-refractivity contribution in [2.24, 2.45) is 13.0 Å². The van der Waals surface area contributed by atoms with Crippen LogP contribution in [-0.4, -0.2) is 51.3 Å². The fourth-order valence-electron chi connectivity index (χ4n) is 3.49. The van der Waals surface area contributed by atoms with Crippen LogP contribution < -0.4 is 5.32 Å². The van der Waals surface area contributed by atoms with Crippen molar-refractivity contribution in [1.29, 1.82) is 0 Å². The summed E-state index contributed by atoms with van der Waals surface area (Å²) in [7, 11) is 1.57. The van der Waals surface area contributed by atoms with Gasteiger partial charge in [-0.3, -0.25) is 14.4 Å². The predicted molar refractivity (Wildman–Crippen MR) is 96.9 cm³/mol. The molecule has 1 fully saturated rings. The zero-order valence-corrected chi connectivity index (χ0v) is 14.9. The molecule has 3 rings (SSSR count). The van der Waals surface area contributed by atoms with Crippen molar-refractivity contribution in [3.63, 3.8) is 0 Å². The van der Waals surface area contributed by atoms with Crippen LogP contribution in [0.2, 0.25) is 0 Å². The number of hydrogen-bond acceptors (Lipinski definition) is 4. The van der Waals surface area contributed by atoms with Crippen molar-refractivity contribution in [3.8, 4) is 0 Å². The normalized spacial score (nSPS) is 17.8. The number of carboxylic acids is 1. The van der Waals surface area contributed by atoms with Crippen molar-refractivity contribution in [1.82, 2.24) is 20.0 Å². The van der Waals surface area contributed by atoms with Crippen LogP contribution in [0.15, 0.2) is 36.5 Å². The van der Waals surface area contributed by atoms with Crippen LogP contribution in [0.1, 0.15) is 39.3 Å². The Hall–Kier alpha value is -2.67. The van der Waals surface area contributed by atoms with Gasteiger partial charge in [-0.25, -0.2) is 4.79 Å². The molecular formula is C19H24N4O3. The molecule has 1 aliphatic rings. The smallest absolute Gasteiger partial charge is 0.339 e. The van der Waals surface area contributed by atoms with E-state index in [1.165, 1.54) is 16.4 Å². The number of carbonyl (C=O) groups is 2. The molecule has 1 aromatic carbocycles. The highest BCUT2D eigenvalue weighted by Gasteiger charge is 2.24. The lowest BCUT2D eigenvalue weighted by atomic mass is 9.97. The summed E-state index contributed by atoms with van der Waals surface area (Å²) in [6, 6.07) is 10.4. The van der Waals surface area contributed by atoms with Gasteiger partial charge in [-0.15, -0.1) is 0 Å². The van der Waals surface area contributed by atoms with Crippen LogP contribution in [-0.2, 0) is 13.6 Å². The maximum Gasteiger partial charge on any atom is 0.339 e. The van der Waals surface area contributed by atoms with E-state index in [4.69, 9.17) is 0 Å². The first kappa shape index (κ1) is 18.1. The van der Waals surface area contributed by atoms with Crippen LogP contribution in [0, 0.1) is 5.92 Å². The average Bonchev–Trinajstić information content (AvgIpc) is 3.03. The second-order valence-corrected chi connectivity index (χ2v) is 6.77. The Kier molecular flexibility index (Phi) is 5.68. The van der Waals surface area contributed by atoms with Gasteiger partial charge < -0.3 is 10.4 Å². The quantitative estimate of drug-likeness (QED) is 0.823. The molecule has 2 aromatic rings. The minimum absolute atomic E-state index is 0.0700. The molecular weight excluding hydrogens is 332 g/mol. The highest BCUT2D eigenvalue weighted by molar-refractivity contribution is 6.03. The highest BCUT2D eigenvalue weighted by Crippen LogP contribution is 2.18. The lowest BCUT2D eigenvalue weighted by Gasteiger charge is -2.32. The molecule has 1 saturated heterocycles. The zero-order valence-electron chi connectivity index (χ0n) is 14.9. The molecule has 138 valence electrons. The number of piperidine rings is 1. The maximum absolute atomic E-state index is 12.4. The van der Waals surface area contributed by atoms with E-state index in [2.05, 4.69) is 27.4 Å². The molecule has 1 aromatic heterocycles. The van der Waals surface area contributed by atoms with Gasteiger partial charge in [0.2, 0.25) is 0 Å². The second kappa shape index (κ2) is 8.14. The Labute approximate surface area is 152 Å². The van der Waals surface area contributed by atoms with Crippen LogP contribution in [0.25, 0.3) is 0 Å². The first-order valence-electron chi connectivity index (χ1n) is 8.84. The Bertz CT molecular complexity index is 772. The van der Waals surface area contributed by atoms with Crippen molar-refractivity contribution in [3.05, 3.63) is 53.3 Å². The molecule has 26 heavy (non-hydrogen) atoms. The maximum atomic E-state index is 12.4. The van der Waals surface area contributed by atoms with Crippen molar-refractivity contribution >= 4 is 11.9 Å². The van der Waals surface area contributed by atoms with Gasteiger partial charge in [0.1, 0.15) is 11.3 Å². The standard InChI is InChI=1S/C19H24N4O3/c1-22-17(16(11-21-22)19(25)26)18(24)20-10-15-8-5-9-23(13-15)12-14-6-3-2-4-7-14/h2-4,6-7,11,15H,5,8-10,12-13H2,1H3,(H,20,24)(H,25,26)/t15-/m1/s1. The zero-order chi connectivity index (χ0) is 18.5. The summed E-state index contributed by atoms with van der Waals surface area (Å²) < 4.78 is 1.31. The number of aromatic nitrogens is 2. The van der Waals surface area contributed by atoms with Crippen molar-refractivity contribution in [2.45, 2.75) is 19.4 Å². The first-order valence-corrected chi connectivity index (χ1v) is 8.84. The van der Waals surface area contributed by atoms with Gasteiger partial charge in [0.25, 0.3) is 5.91 Å². The van der Waals surface area contributed by atoms with Gasteiger partial charge >= 0.3 is 5.97 Å². The van der Waals surface area contributed by atoms with Crippen LogP contribution in [0.4, 0.5) is 0 Å². The van der Waals surface area contributed by atoms with Crippen molar-refractivity contribution in [2.75, 3.05) is 19.6 Å². The number of aryl methyl sites for hydroxylation is 1. The topological polar surface area (TPSA) is 87.5 Å². The summed E-state index contributed by atoms with van der Waals surface area (Å²) in [5, 5.41) is 15.9. The first-order chi connectivity index (χ1) is 12.5. The molecule has 1 atom stereocenters. The number of carbonyl (C=O) groups excluding carboxylic acids is 1. The average molecular weight is 356 g/mol. The van der Waals surface area contributed by atoms with E-state index >= 15 is 0 Å². The summed E-state index contributed by atoms with van der Waals surface area (Å²) in [6.07, 6.45) is 3.36. The van der Waals surface area contributed by atoms with Gasteiger partial charge in [0.05, 0.1) is 6.20 Å². The molecule has 0 bridgehead atoms. The number of amides is 1. The molecule has 0 aliphatic carbocycles.